The van der Waals surface area contributed by atoms with E-state index in [0.29, 0.717) is 11.1 Å². The summed E-state index contributed by atoms with van der Waals surface area (Å²) in [6.07, 6.45) is 6.41. The summed E-state index contributed by atoms with van der Waals surface area (Å²) in [7, 11) is 1.80. The monoisotopic (exact) mass is 358 g/mol. The van der Waals surface area contributed by atoms with Crippen molar-refractivity contribution in [2.45, 2.75) is 13.0 Å². The maximum atomic E-state index is 12.9. The Bertz CT molecular complexity index is 1080. The minimum absolute atomic E-state index is 0.0598. The van der Waals surface area contributed by atoms with Gasteiger partial charge >= 0.3 is 0 Å². The van der Waals surface area contributed by atoms with Gasteiger partial charge in [0.15, 0.2) is 0 Å². The third-order valence-electron chi connectivity index (χ3n) is 4.68. The van der Waals surface area contributed by atoms with Crippen LogP contribution in [0.5, 0.6) is 0 Å². The van der Waals surface area contributed by atoms with E-state index in [-0.39, 0.29) is 11.9 Å². The van der Waals surface area contributed by atoms with Crippen molar-refractivity contribution in [3.8, 4) is 5.69 Å². The van der Waals surface area contributed by atoms with Gasteiger partial charge in [0.05, 0.1) is 22.8 Å². The Morgan fingerprint density at radius 2 is 1.78 bits per heavy atom. The molecule has 1 atom stereocenters. The number of hydrogen-bond donors (Lipinski definition) is 0. The minimum atomic E-state index is -0.0835. The highest BCUT2D eigenvalue weighted by Gasteiger charge is 2.19. The predicted octanol–water partition coefficient (Wildman–Crippen LogP) is 3.04. The lowest BCUT2D eigenvalue weighted by molar-refractivity contribution is 0.0743. The van der Waals surface area contributed by atoms with Crippen LogP contribution in [0.2, 0.25) is 0 Å². The minimum Gasteiger partial charge on any atom is -0.335 e. The van der Waals surface area contributed by atoms with E-state index >= 15 is 0 Å². The molecule has 0 spiro atoms. The van der Waals surface area contributed by atoms with E-state index in [1.807, 2.05) is 37.3 Å². The second kappa shape index (κ2) is 6.95. The number of carbonyl (C=O) groups excluding carboxylic acids is 1. The summed E-state index contributed by atoms with van der Waals surface area (Å²) in [6, 6.07) is 13.2. The largest absolute Gasteiger partial charge is 0.335 e. The lowest BCUT2D eigenvalue weighted by Gasteiger charge is -2.25. The predicted molar refractivity (Wildman–Crippen MR) is 101 cm³/mol. The van der Waals surface area contributed by atoms with Gasteiger partial charge in [-0.1, -0.05) is 12.1 Å². The highest BCUT2D eigenvalue weighted by molar-refractivity contribution is 5.97. The van der Waals surface area contributed by atoms with E-state index in [9.17, 15) is 4.79 Å². The lowest BCUT2D eigenvalue weighted by Crippen LogP contribution is -2.29. The van der Waals surface area contributed by atoms with Gasteiger partial charge in [-0.2, -0.15) is 5.10 Å². The zero-order valence-corrected chi connectivity index (χ0v) is 15.0. The number of carbonyl (C=O) groups is 1. The van der Waals surface area contributed by atoms with Gasteiger partial charge in [0.2, 0.25) is 0 Å². The summed E-state index contributed by atoms with van der Waals surface area (Å²) in [5, 5.41) is 4.12. The molecule has 7 nitrogen and oxygen atoms in total. The number of hydrogen-bond acceptors (Lipinski definition) is 5. The third-order valence-corrected chi connectivity index (χ3v) is 4.68. The molecule has 0 N–H and O–H groups in total. The maximum Gasteiger partial charge on any atom is 0.254 e. The molecule has 2 aromatic carbocycles. The summed E-state index contributed by atoms with van der Waals surface area (Å²) in [5.41, 5.74) is 4.03. The molecular formula is C20H18N6O. The number of rotatable bonds is 4. The average molecular weight is 358 g/mol. The standard InChI is InChI=1S/C20H18N6O/c1-14(15-3-6-17(7-4-15)26-13-21-12-24-26)25(2)20(27)16-5-8-18-19(11-16)23-10-9-22-18/h3-14H,1-2H3/t14-/m1/s1. The van der Waals surface area contributed by atoms with E-state index < -0.39 is 0 Å². The van der Waals surface area contributed by atoms with Crippen LogP contribution in [0.1, 0.15) is 28.9 Å². The first kappa shape index (κ1) is 16.8. The van der Waals surface area contributed by atoms with Crippen molar-refractivity contribution < 1.29 is 4.79 Å². The van der Waals surface area contributed by atoms with Gasteiger partial charge in [-0.3, -0.25) is 14.8 Å². The first-order chi connectivity index (χ1) is 13.1. The Balaban J connectivity index is 1.55. The molecule has 0 aliphatic rings. The molecule has 0 bridgehead atoms. The molecule has 2 aromatic heterocycles. The number of benzene rings is 2. The molecule has 0 unspecified atom stereocenters. The molecule has 0 saturated heterocycles. The second-order valence-electron chi connectivity index (χ2n) is 6.28. The highest BCUT2D eigenvalue weighted by atomic mass is 16.2. The first-order valence-electron chi connectivity index (χ1n) is 8.56. The molecule has 4 aromatic rings. The highest BCUT2D eigenvalue weighted by Crippen LogP contribution is 2.23. The summed E-state index contributed by atoms with van der Waals surface area (Å²) >= 11 is 0. The van der Waals surface area contributed by atoms with Crippen LogP contribution in [0.3, 0.4) is 0 Å². The number of aromatic nitrogens is 5. The molecule has 0 aliphatic heterocycles. The molecule has 134 valence electrons. The van der Waals surface area contributed by atoms with Crippen molar-refractivity contribution >= 4 is 16.9 Å². The van der Waals surface area contributed by atoms with Crippen LogP contribution in [0, 0.1) is 0 Å². The second-order valence-corrected chi connectivity index (χ2v) is 6.28. The van der Waals surface area contributed by atoms with Crippen LogP contribution >= 0.6 is 0 Å². The van der Waals surface area contributed by atoms with Crippen LogP contribution in [-0.4, -0.2) is 42.6 Å². The Labute approximate surface area is 156 Å². The van der Waals surface area contributed by atoms with Gasteiger partial charge in [-0.15, -0.1) is 0 Å². The van der Waals surface area contributed by atoms with Gasteiger partial charge in [0.1, 0.15) is 12.7 Å². The number of nitrogens with zero attached hydrogens (tertiary/aromatic N) is 6. The summed E-state index contributed by atoms with van der Waals surface area (Å²) in [5.74, 6) is -0.0598. The fourth-order valence-corrected chi connectivity index (χ4v) is 2.95. The number of amides is 1. The van der Waals surface area contributed by atoms with E-state index in [4.69, 9.17) is 0 Å². The van der Waals surface area contributed by atoms with Gasteiger partial charge in [-0.05, 0) is 42.8 Å². The topological polar surface area (TPSA) is 76.8 Å². The van der Waals surface area contributed by atoms with Crippen LogP contribution in [0.15, 0.2) is 67.5 Å². The Kier molecular flexibility index (Phi) is 4.33. The first-order valence-corrected chi connectivity index (χ1v) is 8.56. The van der Waals surface area contributed by atoms with Crippen molar-refractivity contribution in [3.63, 3.8) is 0 Å². The Morgan fingerprint density at radius 1 is 1.04 bits per heavy atom. The molecule has 7 heteroatoms. The maximum absolute atomic E-state index is 12.9. The quantitative estimate of drug-likeness (QED) is 0.560. The molecule has 2 heterocycles. The molecule has 1 amide bonds. The zero-order valence-electron chi connectivity index (χ0n) is 15.0. The number of fused-ring (bicyclic) bond motifs is 1. The van der Waals surface area contributed by atoms with Crippen LogP contribution < -0.4 is 0 Å². The van der Waals surface area contributed by atoms with E-state index in [2.05, 4.69) is 20.1 Å². The van der Waals surface area contributed by atoms with Crippen molar-refractivity contribution in [1.82, 2.24) is 29.6 Å². The zero-order chi connectivity index (χ0) is 18.8. The SMILES string of the molecule is C[C@H](c1ccc(-n2cncn2)cc1)N(C)C(=O)c1ccc2nccnc2c1. The fraction of sp³-hybridized carbons (Fsp3) is 0.150. The van der Waals surface area contributed by atoms with Crippen LogP contribution in [0.4, 0.5) is 0 Å². The summed E-state index contributed by atoms with van der Waals surface area (Å²) in [4.78, 5) is 27.1. The smallest absolute Gasteiger partial charge is 0.254 e. The molecule has 0 radical (unpaired) electrons. The van der Waals surface area contributed by atoms with E-state index in [1.165, 1.54) is 6.33 Å². The molecule has 0 saturated carbocycles. The molecule has 0 fully saturated rings. The fourth-order valence-electron chi connectivity index (χ4n) is 2.95. The normalized spacial score (nSPS) is 12.1. The Morgan fingerprint density at radius 3 is 2.48 bits per heavy atom. The van der Waals surface area contributed by atoms with Crippen molar-refractivity contribution in [3.05, 3.63) is 78.6 Å². The van der Waals surface area contributed by atoms with Gasteiger partial charge in [0, 0.05) is 25.0 Å². The molecule has 4 rings (SSSR count). The Hall–Kier alpha value is -3.61. The van der Waals surface area contributed by atoms with Crippen LogP contribution in [-0.2, 0) is 0 Å². The van der Waals surface area contributed by atoms with Crippen molar-refractivity contribution in [2.24, 2.45) is 0 Å². The lowest BCUT2D eigenvalue weighted by atomic mass is 10.1. The van der Waals surface area contributed by atoms with Crippen molar-refractivity contribution in [1.29, 1.82) is 0 Å². The van der Waals surface area contributed by atoms with Crippen LogP contribution in [0.25, 0.3) is 16.7 Å². The average Bonchev–Trinajstić information content (AvgIpc) is 3.27. The van der Waals surface area contributed by atoms with Gasteiger partial charge in [-0.25, -0.2) is 9.67 Å². The molecular weight excluding hydrogens is 340 g/mol. The van der Waals surface area contributed by atoms with E-state index in [0.717, 1.165) is 16.8 Å². The molecule has 0 aliphatic carbocycles. The third kappa shape index (κ3) is 3.27. The van der Waals surface area contributed by atoms with Gasteiger partial charge in [0.25, 0.3) is 5.91 Å². The summed E-state index contributed by atoms with van der Waals surface area (Å²) in [6.45, 7) is 2.00. The van der Waals surface area contributed by atoms with Crippen molar-refractivity contribution in [2.75, 3.05) is 7.05 Å². The van der Waals surface area contributed by atoms with Gasteiger partial charge < -0.3 is 4.90 Å². The summed E-state index contributed by atoms with van der Waals surface area (Å²) < 4.78 is 1.69. The molecule has 27 heavy (non-hydrogen) atoms. The van der Waals surface area contributed by atoms with E-state index in [1.54, 1.807) is 47.5 Å².